The van der Waals surface area contributed by atoms with E-state index in [9.17, 15) is 42.7 Å². The second kappa shape index (κ2) is 20.0. The highest BCUT2D eigenvalue weighted by Crippen LogP contribution is 2.40. The third kappa shape index (κ3) is 11.0. The molecule has 6 rings (SSSR count). The van der Waals surface area contributed by atoms with E-state index in [1.165, 1.54) is 21.9 Å². The number of anilines is 2. The molecular formula is C47H48F3N7O7S2. The largest absolute Gasteiger partial charge is 0.481 e. The normalized spacial score (nSPS) is 17.5. The number of amides is 4. The molecule has 3 N–H and O–H groups in total. The summed E-state index contributed by atoms with van der Waals surface area (Å²) in [6.45, 7) is 10.0. The molecule has 0 spiro atoms. The number of aromatic nitrogens is 1. The first-order valence-corrected chi connectivity index (χ1v) is 22.0. The lowest BCUT2D eigenvalue weighted by atomic mass is 9.85. The van der Waals surface area contributed by atoms with Crippen molar-refractivity contribution in [2.75, 3.05) is 36.2 Å². The van der Waals surface area contributed by atoms with Crippen molar-refractivity contribution in [2.24, 2.45) is 5.41 Å². The van der Waals surface area contributed by atoms with E-state index in [1.54, 1.807) is 75.7 Å². The lowest BCUT2D eigenvalue weighted by molar-refractivity contribution is -0.144. The molecule has 4 aromatic rings. The van der Waals surface area contributed by atoms with Gasteiger partial charge < -0.3 is 35.0 Å². The number of carbonyl (C=O) groups excluding carboxylic acids is 4. The summed E-state index contributed by atoms with van der Waals surface area (Å²) in [5.41, 5.74) is 1.19. The average Bonchev–Trinajstić information content (AvgIpc) is 3.93. The number of aliphatic hydroxyl groups is 1. The summed E-state index contributed by atoms with van der Waals surface area (Å²) in [7, 11) is 0. The standard InChI is InChI=1S/C47H48F3N7O7S2/c1-28-39(66-27-53-28)30-11-9-29(10-12-30)24-52-41(60)37-22-34(58)25-55(37)42(61)40(45(2,3)4)54-38(59)26-63-19-7-8-20-64-35-17-15-32(16-18-35)57-44(65)56(43(62)46(57,5)6)33-14-13-31(23-51)36(21-33)47(48,49)50/h9-18,21,27,34,37,40,58H,19-20,22,24-26H2,1-6H3,(H,52,60)(H,54,59)/t34-,37+,40-/m1/s1. The topological polar surface area (TPSA) is 177 Å². The van der Waals surface area contributed by atoms with Crippen LogP contribution in [0.3, 0.4) is 0 Å². The Labute approximate surface area is 389 Å². The number of ether oxygens (including phenoxy) is 2. The van der Waals surface area contributed by atoms with Crippen LogP contribution in [0.1, 0.15) is 63.4 Å². The Kier molecular flexibility index (Phi) is 14.9. The molecule has 3 heterocycles. The number of aliphatic hydroxyl groups excluding tert-OH is 1. The van der Waals surface area contributed by atoms with E-state index in [0.29, 0.717) is 11.4 Å². The summed E-state index contributed by atoms with van der Waals surface area (Å²) in [6, 6.07) is 16.8. The number of thiazole rings is 1. The molecule has 0 radical (unpaired) electrons. The molecule has 14 nitrogen and oxygen atoms in total. The summed E-state index contributed by atoms with van der Waals surface area (Å²) < 4.78 is 52.3. The molecule has 0 aliphatic carbocycles. The molecule has 2 aliphatic heterocycles. The molecule has 4 amide bonds. The van der Waals surface area contributed by atoms with Crippen molar-refractivity contribution in [3.8, 4) is 34.1 Å². The van der Waals surface area contributed by atoms with Gasteiger partial charge in [-0.05, 0) is 92.0 Å². The first kappa shape index (κ1) is 49.1. The van der Waals surface area contributed by atoms with Gasteiger partial charge in [0, 0.05) is 25.2 Å². The molecule has 19 heteroatoms. The number of halogens is 3. The number of β-amino-alcohol motifs (C(OH)–C–C–N with tert-alkyl or cyclic N) is 1. The Morgan fingerprint density at radius 3 is 2.32 bits per heavy atom. The lowest BCUT2D eigenvalue weighted by Gasteiger charge is -2.35. The van der Waals surface area contributed by atoms with Gasteiger partial charge in [-0.1, -0.05) is 56.9 Å². The van der Waals surface area contributed by atoms with Gasteiger partial charge in [0.05, 0.1) is 45.1 Å². The fourth-order valence-electron chi connectivity index (χ4n) is 7.55. The first-order chi connectivity index (χ1) is 31.1. The molecule has 66 heavy (non-hydrogen) atoms. The average molecular weight is 944 g/mol. The van der Waals surface area contributed by atoms with Crippen molar-refractivity contribution >= 4 is 63.7 Å². The van der Waals surface area contributed by atoms with Crippen molar-refractivity contribution < 1.29 is 46.9 Å². The van der Waals surface area contributed by atoms with Crippen LogP contribution in [0.15, 0.2) is 72.2 Å². The number of nitriles is 1. The Hall–Kier alpha value is -6.38. The zero-order valence-corrected chi connectivity index (χ0v) is 38.6. The Bertz CT molecular complexity index is 2590. The van der Waals surface area contributed by atoms with E-state index in [2.05, 4.69) is 27.5 Å². The van der Waals surface area contributed by atoms with Crippen molar-refractivity contribution in [3.05, 3.63) is 94.6 Å². The molecule has 2 fully saturated rings. The first-order valence-electron chi connectivity index (χ1n) is 20.7. The molecule has 2 saturated heterocycles. The molecule has 3 aromatic carbocycles. The molecule has 0 saturated carbocycles. The zero-order valence-electron chi connectivity index (χ0n) is 37.0. The van der Waals surface area contributed by atoms with Crippen LogP contribution >= 0.6 is 23.6 Å². The van der Waals surface area contributed by atoms with Crippen LogP contribution in [0.4, 0.5) is 24.5 Å². The number of aryl methyl sites for hydroxylation is 1. The monoisotopic (exact) mass is 943 g/mol. The van der Waals surface area contributed by atoms with Crippen molar-refractivity contribution in [1.82, 2.24) is 20.5 Å². The maximum atomic E-state index is 13.9. The summed E-state index contributed by atoms with van der Waals surface area (Å²) in [6.07, 6.45) is -5.69. The number of benzene rings is 3. The third-order valence-corrected chi connectivity index (χ3v) is 12.3. The number of nitrogens with zero attached hydrogens (tertiary/aromatic N) is 5. The van der Waals surface area contributed by atoms with Gasteiger partial charge in [0.2, 0.25) is 17.7 Å². The van der Waals surface area contributed by atoms with Crippen LogP contribution in [0.5, 0.6) is 5.75 Å². The van der Waals surface area contributed by atoms with Gasteiger partial charge in [-0.2, -0.15) is 18.4 Å². The van der Waals surface area contributed by atoms with Gasteiger partial charge in [0.25, 0.3) is 5.91 Å². The van der Waals surface area contributed by atoms with Crippen LogP contribution in [-0.4, -0.2) is 93.8 Å². The predicted octanol–water partition coefficient (Wildman–Crippen LogP) is 6.13. The van der Waals surface area contributed by atoms with E-state index in [1.807, 2.05) is 31.2 Å². The minimum Gasteiger partial charge on any atom is -0.481 e. The number of carbonyl (C=O) groups is 4. The highest BCUT2D eigenvalue weighted by atomic mass is 32.1. The van der Waals surface area contributed by atoms with Crippen molar-refractivity contribution in [1.29, 1.82) is 5.26 Å². The quantitative estimate of drug-likeness (QED) is 0.0798. The number of thiocarbonyl (C=S) groups is 1. The van der Waals surface area contributed by atoms with Gasteiger partial charge in [0.15, 0.2) is 5.11 Å². The number of likely N-dealkylation sites (tertiary alicyclic amines) is 1. The number of nitrogens with one attached hydrogen (secondary N) is 2. The molecule has 0 unspecified atom stereocenters. The van der Waals surface area contributed by atoms with E-state index >= 15 is 0 Å². The molecule has 2 aliphatic rings. The maximum absolute atomic E-state index is 13.9. The predicted molar refractivity (Wildman–Crippen MR) is 245 cm³/mol. The Morgan fingerprint density at radius 2 is 1.70 bits per heavy atom. The zero-order chi connectivity index (χ0) is 48.1. The number of alkyl halides is 3. The Balaban J connectivity index is 0.971. The highest BCUT2D eigenvalue weighted by molar-refractivity contribution is 7.81. The van der Waals surface area contributed by atoms with Gasteiger partial charge in [0.1, 0.15) is 43.2 Å². The fourth-order valence-corrected chi connectivity index (χ4v) is 8.88. The van der Waals surface area contributed by atoms with E-state index in [0.717, 1.165) is 38.7 Å². The highest BCUT2D eigenvalue weighted by Gasteiger charge is 2.51. The SMILES string of the molecule is Cc1ncsc1-c1ccc(CNC(=O)[C@@H]2C[C@@H](O)CN2C(=O)[C@@H](NC(=O)COCC#CCOc2ccc(N3C(=S)N(c4ccc(C#N)c(C(F)(F)F)c4)C(=O)C3(C)C)cc2)C(C)(C)C)cc1. The van der Waals surface area contributed by atoms with Gasteiger partial charge >= 0.3 is 6.18 Å². The molecule has 1 aromatic heterocycles. The van der Waals surface area contributed by atoms with E-state index in [4.69, 9.17) is 21.7 Å². The third-order valence-electron chi connectivity index (χ3n) is 11.0. The van der Waals surface area contributed by atoms with E-state index < -0.39 is 76.7 Å². The summed E-state index contributed by atoms with van der Waals surface area (Å²) in [5, 5.41) is 25.3. The van der Waals surface area contributed by atoms with Crippen LogP contribution in [-0.2, 0) is 36.6 Å². The van der Waals surface area contributed by atoms with Crippen LogP contribution in [0.25, 0.3) is 10.4 Å². The molecular weight excluding hydrogens is 896 g/mol. The van der Waals surface area contributed by atoms with Gasteiger partial charge in [-0.25, -0.2) is 4.98 Å². The van der Waals surface area contributed by atoms with Crippen LogP contribution < -0.4 is 25.2 Å². The smallest absolute Gasteiger partial charge is 0.417 e. The molecule has 346 valence electrons. The molecule has 0 bridgehead atoms. The second-order valence-electron chi connectivity index (χ2n) is 17.2. The van der Waals surface area contributed by atoms with Crippen LogP contribution in [0.2, 0.25) is 0 Å². The second-order valence-corrected chi connectivity index (χ2v) is 18.4. The Morgan fingerprint density at radius 1 is 1.03 bits per heavy atom. The van der Waals surface area contributed by atoms with Gasteiger partial charge in [-0.3, -0.25) is 24.1 Å². The minimum atomic E-state index is -4.82. The molecule has 3 atom stereocenters. The summed E-state index contributed by atoms with van der Waals surface area (Å²) in [4.78, 5) is 63.1. The number of hydrogen-bond donors (Lipinski definition) is 3. The van der Waals surface area contributed by atoms with E-state index in [-0.39, 0.29) is 43.5 Å². The number of rotatable bonds is 13. The number of hydrogen-bond acceptors (Lipinski definition) is 11. The lowest BCUT2D eigenvalue weighted by Crippen LogP contribution is -2.58. The van der Waals surface area contributed by atoms with Crippen molar-refractivity contribution in [2.45, 2.75) is 84.4 Å². The summed E-state index contributed by atoms with van der Waals surface area (Å²) >= 11 is 7.15. The maximum Gasteiger partial charge on any atom is 0.417 e. The summed E-state index contributed by atoms with van der Waals surface area (Å²) in [5.74, 6) is 3.90. The van der Waals surface area contributed by atoms with Crippen LogP contribution in [0, 0.1) is 35.5 Å². The van der Waals surface area contributed by atoms with Crippen molar-refractivity contribution in [3.63, 3.8) is 0 Å². The van der Waals surface area contributed by atoms with Gasteiger partial charge in [-0.15, -0.1) is 11.3 Å². The fraction of sp³-hybridized carbons (Fsp3) is 0.383. The minimum absolute atomic E-state index is 0.0476.